The van der Waals surface area contributed by atoms with Crippen molar-refractivity contribution in [2.45, 2.75) is 4.90 Å². The molecule has 7 nitrogen and oxygen atoms in total. The number of rotatable bonds is 5. The van der Waals surface area contributed by atoms with Crippen LogP contribution in [0.1, 0.15) is 10.4 Å². The Labute approximate surface area is 170 Å². The van der Waals surface area contributed by atoms with Gasteiger partial charge in [-0.3, -0.25) is 4.79 Å². The number of amides is 1. The number of hydrogen-bond donors (Lipinski definition) is 0. The lowest BCUT2D eigenvalue weighted by molar-refractivity contribution is 0.0697. The number of anilines is 1. The predicted octanol–water partition coefficient (Wildman–Crippen LogP) is 2.05. The van der Waals surface area contributed by atoms with Crippen molar-refractivity contribution in [3.63, 3.8) is 0 Å². The Morgan fingerprint density at radius 1 is 1.03 bits per heavy atom. The molecule has 156 valence electrons. The van der Waals surface area contributed by atoms with Crippen LogP contribution in [0.15, 0.2) is 47.4 Å². The van der Waals surface area contributed by atoms with Crippen molar-refractivity contribution in [2.75, 3.05) is 52.3 Å². The summed E-state index contributed by atoms with van der Waals surface area (Å²) < 4.78 is 46.2. The number of sulfonamides is 1. The number of ether oxygens (including phenoxy) is 1. The van der Waals surface area contributed by atoms with Crippen LogP contribution in [-0.4, -0.2) is 70.9 Å². The van der Waals surface area contributed by atoms with Gasteiger partial charge in [0.2, 0.25) is 10.0 Å². The van der Waals surface area contributed by atoms with Crippen molar-refractivity contribution in [1.29, 1.82) is 0 Å². The van der Waals surface area contributed by atoms with Gasteiger partial charge in [0.1, 0.15) is 11.6 Å². The standard InChI is InChI=1S/C20H24FN3O4S/c1-22(2)19-9-4-15(14-18(19)21)20(25)23-10-12-24(13-11-23)29(26,27)17-7-5-16(28-3)6-8-17/h4-9,14H,10-13H2,1-3H3. The van der Waals surface area contributed by atoms with E-state index in [1.54, 1.807) is 48.2 Å². The first-order chi connectivity index (χ1) is 13.7. The minimum Gasteiger partial charge on any atom is -0.497 e. The van der Waals surface area contributed by atoms with E-state index in [1.165, 1.54) is 29.6 Å². The Kier molecular flexibility index (Phi) is 6.09. The molecule has 1 aliphatic heterocycles. The maximum absolute atomic E-state index is 14.2. The number of nitrogens with zero attached hydrogens (tertiary/aromatic N) is 3. The number of piperazine rings is 1. The number of benzene rings is 2. The largest absolute Gasteiger partial charge is 0.497 e. The van der Waals surface area contributed by atoms with Gasteiger partial charge >= 0.3 is 0 Å². The Morgan fingerprint density at radius 2 is 1.66 bits per heavy atom. The van der Waals surface area contributed by atoms with Crippen molar-refractivity contribution in [3.8, 4) is 5.75 Å². The number of carbonyl (C=O) groups is 1. The van der Waals surface area contributed by atoms with E-state index in [2.05, 4.69) is 0 Å². The van der Waals surface area contributed by atoms with Crippen LogP contribution in [0.2, 0.25) is 0 Å². The van der Waals surface area contributed by atoms with Crippen molar-refractivity contribution >= 4 is 21.6 Å². The molecule has 1 amide bonds. The number of halogens is 1. The first-order valence-corrected chi connectivity index (χ1v) is 10.6. The van der Waals surface area contributed by atoms with Gasteiger partial charge in [-0.15, -0.1) is 0 Å². The van der Waals surface area contributed by atoms with E-state index in [1.807, 2.05) is 0 Å². The lowest BCUT2D eigenvalue weighted by atomic mass is 10.1. The van der Waals surface area contributed by atoms with Crippen molar-refractivity contribution in [1.82, 2.24) is 9.21 Å². The second-order valence-electron chi connectivity index (χ2n) is 6.93. The smallest absolute Gasteiger partial charge is 0.254 e. The quantitative estimate of drug-likeness (QED) is 0.739. The normalized spacial score (nSPS) is 15.2. The average molecular weight is 421 g/mol. The van der Waals surface area contributed by atoms with Gasteiger partial charge in [-0.25, -0.2) is 12.8 Å². The molecule has 2 aromatic rings. The highest BCUT2D eigenvalue weighted by molar-refractivity contribution is 7.89. The Morgan fingerprint density at radius 3 is 2.17 bits per heavy atom. The summed E-state index contributed by atoms with van der Waals surface area (Å²) in [6, 6.07) is 10.6. The molecule has 0 bridgehead atoms. The SMILES string of the molecule is COc1ccc(S(=O)(=O)N2CCN(C(=O)c3ccc(N(C)C)c(F)c3)CC2)cc1. The van der Waals surface area contributed by atoms with Gasteiger partial charge in [-0.2, -0.15) is 4.31 Å². The van der Waals surface area contributed by atoms with E-state index < -0.39 is 15.8 Å². The number of methoxy groups -OCH3 is 1. The summed E-state index contributed by atoms with van der Waals surface area (Å²) in [6.45, 7) is 0.841. The van der Waals surface area contributed by atoms with Gasteiger partial charge in [0.15, 0.2) is 0 Å². The summed E-state index contributed by atoms with van der Waals surface area (Å²) in [5.41, 5.74) is 0.650. The van der Waals surface area contributed by atoms with E-state index in [0.29, 0.717) is 11.4 Å². The van der Waals surface area contributed by atoms with E-state index in [9.17, 15) is 17.6 Å². The van der Waals surface area contributed by atoms with Crippen LogP contribution >= 0.6 is 0 Å². The lowest BCUT2D eigenvalue weighted by Crippen LogP contribution is -2.50. The zero-order valence-corrected chi connectivity index (χ0v) is 17.4. The molecular weight excluding hydrogens is 397 g/mol. The minimum atomic E-state index is -3.65. The third kappa shape index (κ3) is 4.35. The van der Waals surface area contributed by atoms with Crippen LogP contribution in [0.5, 0.6) is 5.75 Å². The molecule has 0 atom stereocenters. The van der Waals surface area contributed by atoms with Gasteiger partial charge in [-0.1, -0.05) is 0 Å². The molecule has 1 fully saturated rings. The Bertz CT molecular complexity index is 985. The number of carbonyl (C=O) groups excluding carboxylic acids is 1. The van der Waals surface area contributed by atoms with Crippen molar-refractivity contribution < 1.29 is 22.3 Å². The first kappa shape index (κ1) is 21.1. The summed E-state index contributed by atoms with van der Waals surface area (Å²) in [5, 5.41) is 0. The van der Waals surface area contributed by atoms with E-state index in [4.69, 9.17) is 4.74 Å². The minimum absolute atomic E-state index is 0.179. The molecule has 0 aromatic heterocycles. The molecule has 0 aliphatic carbocycles. The Balaban J connectivity index is 1.68. The molecule has 1 aliphatic rings. The second kappa shape index (κ2) is 8.38. The van der Waals surface area contributed by atoms with E-state index >= 15 is 0 Å². The fourth-order valence-corrected chi connectivity index (χ4v) is 4.64. The summed E-state index contributed by atoms with van der Waals surface area (Å²) in [7, 11) is 1.31. The molecule has 0 spiro atoms. The van der Waals surface area contributed by atoms with Gasteiger partial charge in [0.05, 0.1) is 17.7 Å². The molecule has 0 saturated carbocycles. The van der Waals surface area contributed by atoms with E-state index in [-0.39, 0.29) is 42.5 Å². The summed E-state index contributed by atoms with van der Waals surface area (Å²) in [5.74, 6) is -0.204. The molecule has 1 heterocycles. The average Bonchev–Trinajstić information content (AvgIpc) is 2.73. The molecule has 0 radical (unpaired) electrons. The predicted molar refractivity (Wildman–Crippen MR) is 108 cm³/mol. The number of hydrogen-bond acceptors (Lipinski definition) is 5. The monoisotopic (exact) mass is 421 g/mol. The molecule has 2 aromatic carbocycles. The molecule has 29 heavy (non-hydrogen) atoms. The topological polar surface area (TPSA) is 70.2 Å². The van der Waals surface area contributed by atoms with Gasteiger partial charge in [-0.05, 0) is 42.5 Å². The third-order valence-electron chi connectivity index (χ3n) is 4.90. The van der Waals surface area contributed by atoms with Gasteiger partial charge in [0.25, 0.3) is 5.91 Å². The van der Waals surface area contributed by atoms with Gasteiger partial charge in [0, 0.05) is 45.8 Å². The molecule has 0 unspecified atom stereocenters. The summed E-state index contributed by atoms with van der Waals surface area (Å²) >= 11 is 0. The molecular formula is C20H24FN3O4S. The highest BCUT2D eigenvalue weighted by atomic mass is 32.2. The van der Waals surface area contributed by atoms with Crippen LogP contribution in [-0.2, 0) is 10.0 Å². The third-order valence-corrected chi connectivity index (χ3v) is 6.81. The van der Waals surface area contributed by atoms with Crippen LogP contribution in [0.25, 0.3) is 0 Å². The van der Waals surface area contributed by atoms with Crippen molar-refractivity contribution in [2.24, 2.45) is 0 Å². The summed E-state index contributed by atoms with van der Waals surface area (Å²) in [4.78, 5) is 16.1. The molecule has 9 heteroatoms. The Hall–Kier alpha value is -2.65. The zero-order chi connectivity index (χ0) is 21.2. The van der Waals surface area contributed by atoms with Crippen LogP contribution in [0, 0.1) is 5.82 Å². The highest BCUT2D eigenvalue weighted by Gasteiger charge is 2.30. The lowest BCUT2D eigenvalue weighted by Gasteiger charge is -2.34. The van der Waals surface area contributed by atoms with Crippen LogP contribution in [0.4, 0.5) is 10.1 Å². The molecule has 3 rings (SSSR count). The summed E-state index contributed by atoms with van der Waals surface area (Å²) in [6.07, 6.45) is 0. The van der Waals surface area contributed by atoms with Crippen molar-refractivity contribution in [3.05, 3.63) is 53.8 Å². The fraction of sp³-hybridized carbons (Fsp3) is 0.350. The molecule has 0 N–H and O–H groups in total. The zero-order valence-electron chi connectivity index (χ0n) is 16.6. The van der Waals surface area contributed by atoms with Gasteiger partial charge < -0.3 is 14.5 Å². The van der Waals surface area contributed by atoms with E-state index in [0.717, 1.165) is 0 Å². The molecule has 1 saturated heterocycles. The maximum atomic E-state index is 14.2. The first-order valence-electron chi connectivity index (χ1n) is 9.14. The second-order valence-corrected chi connectivity index (χ2v) is 8.87. The maximum Gasteiger partial charge on any atom is 0.254 e. The van der Waals surface area contributed by atoms with Crippen LogP contribution < -0.4 is 9.64 Å². The van der Waals surface area contributed by atoms with Crippen LogP contribution in [0.3, 0.4) is 0 Å². The highest BCUT2D eigenvalue weighted by Crippen LogP contribution is 2.22. The fourth-order valence-electron chi connectivity index (χ4n) is 3.21.